The molecule has 0 unspecified atom stereocenters. The van der Waals surface area contributed by atoms with E-state index in [2.05, 4.69) is 97.1 Å². The second-order valence-electron chi connectivity index (χ2n) is 6.93. The molecule has 0 nitrogen and oxygen atoms in total. The molecule has 0 amide bonds. The van der Waals surface area contributed by atoms with Crippen molar-refractivity contribution in [2.45, 2.75) is 0 Å². The van der Waals surface area contributed by atoms with Crippen LogP contribution in [0.5, 0.6) is 0 Å². The third-order valence-electron chi connectivity index (χ3n) is 5.90. The molecule has 118 valence electrons. The normalized spacial score (nSPS) is 16.0. The molecule has 0 N–H and O–H groups in total. The van der Waals surface area contributed by atoms with Crippen LogP contribution in [0.3, 0.4) is 0 Å². The van der Waals surface area contributed by atoms with Crippen LogP contribution in [0, 0.1) is 0 Å². The summed E-state index contributed by atoms with van der Waals surface area (Å²) in [5.41, 5.74) is 5.71. The van der Waals surface area contributed by atoms with Crippen LogP contribution in [0.2, 0.25) is 0 Å². The van der Waals surface area contributed by atoms with Gasteiger partial charge >= 0.3 is 148 Å². The number of fused-ring (bicyclic) bond motifs is 10. The summed E-state index contributed by atoms with van der Waals surface area (Å²) >= 11 is 0. The maximum atomic E-state index is 2.38. The summed E-state index contributed by atoms with van der Waals surface area (Å²) in [6.07, 6.45) is 0. The van der Waals surface area contributed by atoms with Gasteiger partial charge in [0.2, 0.25) is 0 Å². The molecule has 1 heteroatoms. The van der Waals surface area contributed by atoms with Crippen molar-refractivity contribution in [2.24, 2.45) is 0 Å². The Morgan fingerprint density at radius 3 is 0.840 bits per heavy atom. The van der Waals surface area contributed by atoms with Crippen LogP contribution >= 0.6 is 7.26 Å². The van der Waals surface area contributed by atoms with Gasteiger partial charge in [-0.1, -0.05) is 0 Å². The van der Waals surface area contributed by atoms with E-state index in [9.17, 15) is 0 Å². The summed E-state index contributed by atoms with van der Waals surface area (Å²) in [7, 11) is -2.15. The molecule has 2 heterocycles. The van der Waals surface area contributed by atoms with Crippen molar-refractivity contribution in [3.05, 3.63) is 97.1 Å². The van der Waals surface area contributed by atoms with E-state index >= 15 is 0 Å². The zero-order valence-corrected chi connectivity index (χ0v) is 14.7. The SMILES string of the molecule is c1ccc2c(c1)-c1ccccc1[PH]21c2ccccc2-c2ccccc21. The van der Waals surface area contributed by atoms with Gasteiger partial charge in [-0.05, 0) is 0 Å². The molecule has 2 aliphatic rings. The van der Waals surface area contributed by atoms with Crippen molar-refractivity contribution in [2.75, 3.05) is 0 Å². The van der Waals surface area contributed by atoms with Crippen LogP contribution < -0.4 is 21.2 Å². The van der Waals surface area contributed by atoms with Gasteiger partial charge in [-0.3, -0.25) is 0 Å². The average Bonchev–Trinajstić information content (AvgIpc) is 3.16. The summed E-state index contributed by atoms with van der Waals surface area (Å²) in [4.78, 5) is 0. The zero-order chi connectivity index (χ0) is 16.4. The molecule has 0 aromatic heterocycles. The van der Waals surface area contributed by atoms with Gasteiger partial charge in [0, 0.05) is 0 Å². The zero-order valence-electron chi connectivity index (χ0n) is 13.7. The Hall–Kier alpha value is -2.69. The third kappa shape index (κ3) is 1.48. The van der Waals surface area contributed by atoms with Crippen LogP contribution in [0.4, 0.5) is 0 Å². The first kappa shape index (κ1) is 13.6. The van der Waals surface area contributed by atoms with Gasteiger partial charge in [0.05, 0.1) is 0 Å². The second kappa shape index (κ2) is 4.69. The van der Waals surface area contributed by atoms with Crippen LogP contribution in [-0.4, -0.2) is 0 Å². The number of rotatable bonds is 0. The van der Waals surface area contributed by atoms with Crippen LogP contribution in [0.15, 0.2) is 97.1 Å². The molecule has 0 saturated carbocycles. The van der Waals surface area contributed by atoms with E-state index in [0.29, 0.717) is 0 Å². The number of hydrogen-bond donors (Lipinski definition) is 0. The number of hydrogen-bond acceptors (Lipinski definition) is 0. The van der Waals surface area contributed by atoms with Crippen molar-refractivity contribution in [1.82, 2.24) is 0 Å². The van der Waals surface area contributed by atoms with E-state index in [0.717, 1.165) is 0 Å². The molecule has 4 aromatic carbocycles. The van der Waals surface area contributed by atoms with Gasteiger partial charge in [-0.15, -0.1) is 0 Å². The van der Waals surface area contributed by atoms with E-state index in [-0.39, 0.29) is 0 Å². The molecule has 6 rings (SSSR count). The minimum atomic E-state index is -2.15. The van der Waals surface area contributed by atoms with Crippen molar-refractivity contribution in [1.29, 1.82) is 0 Å². The van der Waals surface area contributed by atoms with E-state index in [4.69, 9.17) is 0 Å². The second-order valence-corrected chi connectivity index (χ2v) is 10.6. The molecule has 2 aliphatic heterocycles. The average molecular weight is 336 g/mol. The summed E-state index contributed by atoms with van der Waals surface area (Å²) in [6, 6.07) is 36.3. The molecule has 0 radical (unpaired) electrons. The Kier molecular flexibility index (Phi) is 2.55. The molecular formula is C24H17P. The molecular weight excluding hydrogens is 319 g/mol. The molecule has 0 aliphatic carbocycles. The Morgan fingerprint density at radius 1 is 0.320 bits per heavy atom. The monoisotopic (exact) mass is 336 g/mol. The predicted molar refractivity (Wildman–Crippen MR) is 111 cm³/mol. The van der Waals surface area contributed by atoms with Crippen LogP contribution in [-0.2, 0) is 0 Å². The fourth-order valence-corrected chi connectivity index (χ4v) is 10.7. The Morgan fingerprint density at radius 2 is 0.560 bits per heavy atom. The van der Waals surface area contributed by atoms with Gasteiger partial charge in [0.1, 0.15) is 0 Å². The minimum absolute atomic E-state index is 1.43. The van der Waals surface area contributed by atoms with Gasteiger partial charge in [-0.2, -0.15) is 0 Å². The van der Waals surface area contributed by atoms with Crippen molar-refractivity contribution in [3.63, 3.8) is 0 Å². The molecule has 4 aromatic rings. The third-order valence-corrected chi connectivity index (χ3v) is 10.9. The molecule has 0 fully saturated rings. The van der Waals surface area contributed by atoms with Crippen molar-refractivity contribution in [3.8, 4) is 22.3 Å². The van der Waals surface area contributed by atoms with E-state index in [1.807, 2.05) is 0 Å². The molecule has 25 heavy (non-hydrogen) atoms. The fraction of sp³-hybridized carbons (Fsp3) is 0. The van der Waals surface area contributed by atoms with Crippen LogP contribution in [0.1, 0.15) is 0 Å². The van der Waals surface area contributed by atoms with Crippen molar-refractivity contribution < 1.29 is 0 Å². The van der Waals surface area contributed by atoms with Crippen molar-refractivity contribution >= 4 is 28.5 Å². The van der Waals surface area contributed by atoms with E-state index in [1.54, 1.807) is 21.2 Å². The molecule has 1 spiro atoms. The Balaban J connectivity index is 1.89. The van der Waals surface area contributed by atoms with E-state index in [1.165, 1.54) is 22.3 Å². The van der Waals surface area contributed by atoms with Crippen LogP contribution in [0.25, 0.3) is 22.3 Å². The summed E-state index contributed by atoms with van der Waals surface area (Å²) < 4.78 is 0. The quantitative estimate of drug-likeness (QED) is 0.368. The Labute approximate surface area is 148 Å². The van der Waals surface area contributed by atoms with Gasteiger partial charge in [-0.25, -0.2) is 0 Å². The predicted octanol–water partition coefficient (Wildman–Crippen LogP) is 4.00. The molecule has 0 saturated heterocycles. The topological polar surface area (TPSA) is 0 Å². The first-order valence-corrected chi connectivity index (χ1v) is 10.8. The standard InChI is InChI=1S/C24H17P/c1-5-13-21-17(9-1)18-10-2-6-14-22(18)25(21)23-15-7-3-11-19(23)20-12-4-8-16-24(20)25/h1-16,25H. The summed E-state index contributed by atoms with van der Waals surface area (Å²) in [6.45, 7) is 0. The molecule has 0 bridgehead atoms. The first-order valence-electron chi connectivity index (χ1n) is 8.81. The Bertz CT molecular complexity index is 968. The van der Waals surface area contributed by atoms with Gasteiger partial charge in [0.15, 0.2) is 0 Å². The first-order chi connectivity index (χ1) is 12.4. The van der Waals surface area contributed by atoms with E-state index < -0.39 is 7.26 Å². The molecule has 0 atom stereocenters. The summed E-state index contributed by atoms with van der Waals surface area (Å²) in [5, 5.41) is 6.20. The summed E-state index contributed by atoms with van der Waals surface area (Å²) in [5.74, 6) is 0. The van der Waals surface area contributed by atoms with Gasteiger partial charge in [0.25, 0.3) is 0 Å². The fourth-order valence-electron chi connectivity index (χ4n) is 5.05. The number of benzene rings is 4. The van der Waals surface area contributed by atoms with Gasteiger partial charge < -0.3 is 0 Å². The maximum absolute atomic E-state index is 2.38.